The van der Waals surface area contributed by atoms with Gasteiger partial charge < -0.3 is 10.2 Å². The molecule has 1 amide bonds. The number of carbonyl (C=O) groups excluding carboxylic acids is 1. The Kier molecular flexibility index (Phi) is 6.32. The number of nitrogens with zero attached hydrogens (tertiary/aromatic N) is 1. The molecule has 1 aliphatic heterocycles. The first-order chi connectivity index (χ1) is 14.4. The molecule has 2 aromatic carbocycles. The smallest absolute Gasteiger partial charge is 0.253 e. The summed E-state index contributed by atoms with van der Waals surface area (Å²) >= 11 is 5.85. The highest BCUT2D eigenvalue weighted by Gasteiger charge is 2.27. The van der Waals surface area contributed by atoms with E-state index >= 15 is 0 Å². The minimum absolute atomic E-state index is 0.0388. The lowest BCUT2D eigenvalue weighted by Gasteiger charge is -2.34. The Morgan fingerprint density at radius 1 is 1.00 bits per heavy atom. The van der Waals surface area contributed by atoms with E-state index in [1.807, 2.05) is 24.3 Å². The van der Waals surface area contributed by atoms with Gasteiger partial charge in [-0.3, -0.25) is 4.79 Å². The van der Waals surface area contributed by atoms with E-state index in [0.29, 0.717) is 42.4 Å². The molecule has 2 aliphatic rings. The third-order valence-corrected chi connectivity index (χ3v) is 7.47. The van der Waals surface area contributed by atoms with Crippen molar-refractivity contribution in [3.63, 3.8) is 0 Å². The fraction of sp³-hybridized carbons (Fsp3) is 0.409. The average Bonchev–Trinajstić information content (AvgIpc) is 3.57. The fourth-order valence-electron chi connectivity index (χ4n) is 3.74. The molecule has 30 heavy (non-hydrogen) atoms. The van der Waals surface area contributed by atoms with E-state index in [-0.39, 0.29) is 16.8 Å². The van der Waals surface area contributed by atoms with E-state index in [1.54, 1.807) is 12.1 Å². The van der Waals surface area contributed by atoms with E-state index in [9.17, 15) is 13.2 Å². The third-order valence-electron chi connectivity index (χ3n) is 5.68. The molecular weight excluding hydrogens is 422 g/mol. The van der Waals surface area contributed by atoms with Crippen molar-refractivity contribution in [2.24, 2.45) is 5.92 Å². The Morgan fingerprint density at radius 3 is 2.33 bits per heavy atom. The van der Waals surface area contributed by atoms with Crippen molar-refractivity contribution in [2.45, 2.75) is 36.6 Å². The fourth-order valence-corrected chi connectivity index (χ4v) is 5.17. The second-order valence-corrected chi connectivity index (χ2v) is 10.2. The first-order valence-electron chi connectivity index (χ1n) is 10.3. The van der Waals surface area contributed by atoms with Crippen LogP contribution in [0.5, 0.6) is 0 Å². The average molecular weight is 448 g/mol. The number of anilines is 1. The Morgan fingerprint density at radius 2 is 1.67 bits per heavy atom. The normalized spacial score (nSPS) is 17.7. The van der Waals surface area contributed by atoms with Crippen LogP contribution in [0, 0.1) is 5.92 Å². The molecule has 6 nitrogen and oxygen atoms in total. The highest BCUT2D eigenvalue weighted by molar-refractivity contribution is 7.89. The molecule has 2 aromatic rings. The van der Waals surface area contributed by atoms with E-state index < -0.39 is 10.0 Å². The number of amides is 1. The second-order valence-electron chi connectivity index (χ2n) is 8.01. The number of hydrogen-bond donors (Lipinski definition) is 2. The Labute approximate surface area is 182 Å². The van der Waals surface area contributed by atoms with Gasteiger partial charge in [-0.1, -0.05) is 23.7 Å². The molecule has 1 saturated carbocycles. The number of carbonyl (C=O) groups is 1. The summed E-state index contributed by atoms with van der Waals surface area (Å²) in [6, 6.07) is 13.7. The second kappa shape index (κ2) is 8.96. The maximum atomic E-state index is 12.6. The number of para-hydroxylation sites is 1. The van der Waals surface area contributed by atoms with Gasteiger partial charge in [0.05, 0.1) is 10.5 Å². The lowest BCUT2D eigenvalue weighted by atomic mass is 10.0. The molecular formula is C22H26ClN3O3S. The van der Waals surface area contributed by atoms with E-state index in [0.717, 1.165) is 12.2 Å². The molecule has 0 bridgehead atoms. The van der Waals surface area contributed by atoms with Crippen molar-refractivity contribution in [1.29, 1.82) is 0 Å². The van der Waals surface area contributed by atoms with Gasteiger partial charge in [-0.15, -0.1) is 0 Å². The largest absolute Gasteiger partial charge is 0.371 e. The standard InChI is InChI=1S/C22H26ClN3O3S/c23-17-7-9-19(10-8-17)30(28,29)25-18-11-13-26(14-12-18)21-4-2-1-3-20(21)22(27)24-15-16-5-6-16/h1-4,7-10,16,18,25H,5-6,11-15H2,(H,24,27). The minimum atomic E-state index is -3.58. The van der Waals surface area contributed by atoms with Gasteiger partial charge in [-0.25, -0.2) is 13.1 Å². The predicted octanol–water partition coefficient (Wildman–Crippen LogP) is 3.43. The van der Waals surface area contributed by atoms with Crippen LogP contribution in [0.15, 0.2) is 53.4 Å². The van der Waals surface area contributed by atoms with Crippen LogP contribution in [-0.4, -0.2) is 40.0 Å². The summed E-state index contributed by atoms with van der Waals surface area (Å²) in [5.74, 6) is 0.591. The number of halogens is 1. The van der Waals surface area contributed by atoms with Gasteiger partial charge in [0.25, 0.3) is 5.91 Å². The zero-order chi connectivity index (χ0) is 21.1. The van der Waals surface area contributed by atoms with Gasteiger partial charge in [-0.05, 0) is 68.0 Å². The van der Waals surface area contributed by atoms with Crippen LogP contribution in [0.2, 0.25) is 5.02 Å². The number of benzene rings is 2. The zero-order valence-electron chi connectivity index (χ0n) is 16.7. The molecule has 160 valence electrons. The molecule has 2 fully saturated rings. The molecule has 1 aliphatic carbocycles. The van der Waals surface area contributed by atoms with Gasteiger partial charge in [0, 0.05) is 36.4 Å². The predicted molar refractivity (Wildman–Crippen MR) is 119 cm³/mol. The highest BCUT2D eigenvalue weighted by Crippen LogP contribution is 2.28. The Bertz CT molecular complexity index is 999. The van der Waals surface area contributed by atoms with Crippen LogP contribution in [-0.2, 0) is 10.0 Å². The number of piperidine rings is 1. The summed E-state index contributed by atoms with van der Waals surface area (Å²) in [4.78, 5) is 15.0. The molecule has 0 radical (unpaired) electrons. The first-order valence-corrected chi connectivity index (χ1v) is 12.2. The Hall–Kier alpha value is -2.09. The zero-order valence-corrected chi connectivity index (χ0v) is 18.3. The molecule has 0 aromatic heterocycles. The number of hydrogen-bond acceptors (Lipinski definition) is 4. The van der Waals surface area contributed by atoms with Crippen LogP contribution in [0.4, 0.5) is 5.69 Å². The Balaban J connectivity index is 1.37. The van der Waals surface area contributed by atoms with Gasteiger partial charge in [0.2, 0.25) is 10.0 Å². The third kappa shape index (κ3) is 5.14. The lowest BCUT2D eigenvalue weighted by Crippen LogP contribution is -2.45. The van der Waals surface area contributed by atoms with Gasteiger partial charge >= 0.3 is 0 Å². The molecule has 0 unspecified atom stereocenters. The molecule has 1 saturated heterocycles. The molecule has 0 spiro atoms. The van der Waals surface area contributed by atoms with E-state index in [1.165, 1.54) is 25.0 Å². The van der Waals surface area contributed by atoms with E-state index in [4.69, 9.17) is 11.6 Å². The lowest BCUT2D eigenvalue weighted by molar-refractivity contribution is 0.0952. The summed E-state index contributed by atoms with van der Waals surface area (Å²) in [6.07, 6.45) is 3.73. The summed E-state index contributed by atoms with van der Waals surface area (Å²) in [5, 5.41) is 3.54. The summed E-state index contributed by atoms with van der Waals surface area (Å²) in [6.45, 7) is 2.10. The van der Waals surface area contributed by atoms with E-state index in [2.05, 4.69) is 14.9 Å². The van der Waals surface area contributed by atoms with Crippen molar-refractivity contribution in [1.82, 2.24) is 10.0 Å². The highest BCUT2D eigenvalue weighted by atomic mass is 35.5. The number of nitrogens with one attached hydrogen (secondary N) is 2. The quantitative estimate of drug-likeness (QED) is 0.681. The molecule has 2 N–H and O–H groups in total. The van der Waals surface area contributed by atoms with Crippen molar-refractivity contribution in [3.8, 4) is 0 Å². The van der Waals surface area contributed by atoms with Crippen molar-refractivity contribution in [2.75, 3.05) is 24.5 Å². The summed E-state index contributed by atoms with van der Waals surface area (Å²) in [5.41, 5.74) is 1.59. The van der Waals surface area contributed by atoms with Crippen molar-refractivity contribution < 1.29 is 13.2 Å². The molecule has 4 rings (SSSR count). The van der Waals surface area contributed by atoms with Gasteiger partial charge in [-0.2, -0.15) is 0 Å². The number of sulfonamides is 1. The van der Waals surface area contributed by atoms with Crippen LogP contribution in [0.1, 0.15) is 36.0 Å². The maximum Gasteiger partial charge on any atom is 0.253 e. The maximum absolute atomic E-state index is 12.6. The SMILES string of the molecule is O=C(NCC1CC1)c1ccccc1N1CCC(NS(=O)(=O)c2ccc(Cl)cc2)CC1. The summed E-state index contributed by atoms with van der Waals surface area (Å²) in [7, 11) is -3.58. The summed E-state index contributed by atoms with van der Waals surface area (Å²) < 4.78 is 28.0. The van der Waals surface area contributed by atoms with Crippen LogP contribution >= 0.6 is 11.6 Å². The van der Waals surface area contributed by atoms with Crippen molar-refractivity contribution >= 4 is 33.2 Å². The van der Waals surface area contributed by atoms with Gasteiger partial charge in [0.15, 0.2) is 0 Å². The van der Waals surface area contributed by atoms with Crippen LogP contribution < -0.4 is 14.9 Å². The topological polar surface area (TPSA) is 78.5 Å². The van der Waals surface area contributed by atoms with Crippen molar-refractivity contribution in [3.05, 3.63) is 59.1 Å². The van der Waals surface area contributed by atoms with Gasteiger partial charge in [0.1, 0.15) is 0 Å². The minimum Gasteiger partial charge on any atom is -0.371 e. The molecule has 8 heteroatoms. The molecule has 0 atom stereocenters. The van der Waals surface area contributed by atoms with Crippen LogP contribution in [0.3, 0.4) is 0 Å². The molecule has 1 heterocycles. The number of rotatable bonds is 7. The van der Waals surface area contributed by atoms with Crippen LogP contribution in [0.25, 0.3) is 0 Å². The first kappa shape index (κ1) is 21.2. The monoisotopic (exact) mass is 447 g/mol.